The zero-order valence-corrected chi connectivity index (χ0v) is 25.3. The minimum absolute atomic E-state index is 0.0251. The van der Waals surface area contributed by atoms with E-state index in [0.717, 1.165) is 0 Å². The Bertz CT molecular complexity index is 1330. The standard InChI is InChI=1S/C25H37FN7O6PS/c1-6-20(33-14-29-21-22(28-5)30-25(27)31-23(21)33)38-19(18(34)12-26)13-36-40(41,39-17-10-8-7-9-11-17)32-16(4)24(35)37-15(2)3/h7-11,14-16,18-20,34H,6,12-13H2,1-5H3,(H,32,41)(H3,27,28,30,31)/t16-,18+,19-,20-,40?/m1/s1. The van der Waals surface area contributed by atoms with Crippen molar-refractivity contribution in [3.05, 3.63) is 36.7 Å². The molecule has 0 bridgehead atoms. The Morgan fingerprint density at radius 2 is 1.95 bits per heavy atom. The van der Waals surface area contributed by atoms with Gasteiger partial charge in [-0.05, 0) is 51.1 Å². The maximum Gasteiger partial charge on any atom is 0.323 e. The third-order valence-electron chi connectivity index (χ3n) is 5.69. The van der Waals surface area contributed by atoms with Crippen LogP contribution in [0.15, 0.2) is 36.7 Å². The number of halogens is 1. The van der Waals surface area contributed by atoms with Gasteiger partial charge < -0.3 is 34.7 Å². The number of benzene rings is 1. The number of anilines is 2. The van der Waals surface area contributed by atoms with Gasteiger partial charge >= 0.3 is 12.6 Å². The molecule has 2 aromatic heterocycles. The molecule has 1 unspecified atom stereocenters. The highest BCUT2D eigenvalue weighted by atomic mass is 32.5. The van der Waals surface area contributed by atoms with Gasteiger partial charge in [-0.2, -0.15) is 9.97 Å². The molecular weight excluding hydrogens is 576 g/mol. The number of rotatable bonds is 16. The van der Waals surface area contributed by atoms with Gasteiger partial charge in [0.05, 0.1) is 19.0 Å². The third kappa shape index (κ3) is 8.77. The lowest BCUT2D eigenvalue weighted by molar-refractivity contribution is -0.149. The van der Waals surface area contributed by atoms with E-state index in [0.29, 0.717) is 29.2 Å². The number of aliphatic hydroxyl groups excluding tert-OH is 1. The second-order valence-electron chi connectivity index (χ2n) is 9.30. The van der Waals surface area contributed by atoms with E-state index >= 15 is 0 Å². The first-order valence-electron chi connectivity index (χ1n) is 13.0. The molecule has 1 aromatic carbocycles. The Kier molecular flexibility index (Phi) is 11.8. The number of esters is 1. The maximum atomic E-state index is 13.8. The van der Waals surface area contributed by atoms with Crippen LogP contribution in [0.25, 0.3) is 11.2 Å². The number of para-hydroxylation sites is 1. The normalized spacial score (nSPS) is 16.1. The maximum absolute atomic E-state index is 13.8. The highest BCUT2D eigenvalue weighted by Gasteiger charge is 2.32. The number of alkyl halides is 1. The Balaban J connectivity index is 1.85. The van der Waals surface area contributed by atoms with E-state index in [1.165, 1.54) is 6.33 Å². The number of imidazole rings is 1. The molecule has 0 saturated heterocycles. The van der Waals surface area contributed by atoms with Crippen LogP contribution in [0.3, 0.4) is 0 Å². The van der Waals surface area contributed by atoms with Crippen LogP contribution in [-0.4, -0.2) is 75.3 Å². The minimum atomic E-state index is -3.46. The zero-order valence-electron chi connectivity index (χ0n) is 23.6. The van der Waals surface area contributed by atoms with Gasteiger partial charge in [0, 0.05) is 7.05 Å². The molecule has 3 rings (SSSR count). The number of ether oxygens (including phenoxy) is 2. The van der Waals surface area contributed by atoms with E-state index in [-0.39, 0.29) is 18.7 Å². The first-order valence-corrected chi connectivity index (χ1v) is 15.7. The molecule has 16 heteroatoms. The molecule has 0 aliphatic rings. The highest BCUT2D eigenvalue weighted by molar-refractivity contribution is 8.09. The van der Waals surface area contributed by atoms with Crippen molar-refractivity contribution in [3.8, 4) is 5.75 Å². The van der Waals surface area contributed by atoms with Crippen molar-refractivity contribution in [2.45, 2.75) is 64.7 Å². The van der Waals surface area contributed by atoms with Crippen molar-refractivity contribution in [2.24, 2.45) is 0 Å². The molecule has 41 heavy (non-hydrogen) atoms. The average Bonchev–Trinajstić information content (AvgIpc) is 3.36. The SMILES string of the molecule is CC[C@@H](O[C@H](COP(=S)(N[C@H](C)C(=O)OC(C)C)Oc1ccccc1)[C@@H](O)CF)n1cnc2c(NC)nc(N)nc21. The van der Waals surface area contributed by atoms with Crippen molar-refractivity contribution in [1.29, 1.82) is 0 Å². The van der Waals surface area contributed by atoms with Crippen LogP contribution < -0.4 is 20.7 Å². The first-order chi connectivity index (χ1) is 19.5. The van der Waals surface area contributed by atoms with Gasteiger partial charge in [0.15, 0.2) is 17.0 Å². The molecule has 5 N–H and O–H groups in total. The Morgan fingerprint density at radius 1 is 1.24 bits per heavy atom. The number of carbonyl (C=O) groups is 1. The van der Waals surface area contributed by atoms with Crippen molar-refractivity contribution >= 4 is 47.3 Å². The van der Waals surface area contributed by atoms with Crippen LogP contribution in [0, 0.1) is 0 Å². The van der Waals surface area contributed by atoms with Crippen LogP contribution in [0.2, 0.25) is 0 Å². The molecule has 0 fully saturated rings. The Hall–Kier alpha value is -2.94. The highest BCUT2D eigenvalue weighted by Crippen LogP contribution is 2.46. The van der Waals surface area contributed by atoms with Gasteiger partial charge in [0.1, 0.15) is 36.9 Å². The van der Waals surface area contributed by atoms with Crippen LogP contribution >= 0.6 is 6.64 Å². The topological polar surface area (TPSA) is 168 Å². The largest absolute Gasteiger partial charge is 0.462 e. The van der Waals surface area contributed by atoms with Crippen LogP contribution in [0.1, 0.15) is 40.3 Å². The zero-order chi connectivity index (χ0) is 30.2. The molecule has 0 aliphatic carbocycles. The lowest BCUT2D eigenvalue weighted by Crippen LogP contribution is -2.39. The van der Waals surface area contributed by atoms with Gasteiger partial charge in [0.25, 0.3) is 0 Å². The lowest BCUT2D eigenvalue weighted by Gasteiger charge is -2.31. The average molecular weight is 614 g/mol. The quantitative estimate of drug-likeness (QED) is 0.137. The van der Waals surface area contributed by atoms with Crippen LogP contribution in [0.4, 0.5) is 16.2 Å². The molecule has 0 saturated carbocycles. The smallest absolute Gasteiger partial charge is 0.323 e. The number of aromatic nitrogens is 4. The van der Waals surface area contributed by atoms with Gasteiger partial charge in [0.2, 0.25) is 5.95 Å². The summed E-state index contributed by atoms with van der Waals surface area (Å²) in [6.07, 6.45) is -1.94. The summed E-state index contributed by atoms with van der Waals surface area (Å²) in [7, 11) is 1.68. The number of nitrogens with zero attached hydrogens (tertiary/aromatic N) is 4. The summed E-state index contributed by atoms with van der Waals surface area (Å²) >= 11 is 5.72. The molecule has 0 radical (unpaired) electrons. The van der Waals surface area contributed by atoms with Gasteiger partial charge in [-0.25, -0.2) is 14.5 Å². The minimum Gasteiger partial charge on any atom is -0.462 e. The Labute approximate surface area is 243 Å². The lowest BCUT2D eigenvalue weighted by atomic mass is 10.2. The van der Waals surface area contributed by atoms with E-state index in [2.05, 4.69) is 25.4 Å². The van der Waals surface area contributed by atoms with Gasteiger partial charge in [-0.1, -0.05) is 25.1 Å². The van der Waals surface area contributed by atoms with E-state index in [1.54, 1.807) is 62.7 Å². The number of nitrogen functional groups attached to an aromatic ring is 1. The fraction of sp³-hybridized carbons (Fsp3) is 0.520. The monoisotopic (exact) mass is 613 g/mol. The Morgan fingerprint density at radius 3 is 2.56 bits per heavy atom. The molecule has 5 atom stereocenters. The van der Waals surface area contributed by atoms with Crippen LogP contribution in [0.5, 0.6) is 5.75 Å². The number of nitrogens with one attached hydrogen (secondary N) is 2. The second-order valence-corrected chi connectivity index (χ2v) is 12.4. The van der Waals surface area contributed by atoms with E-state index in [9.17, 15) is 14.3 Å². The van der Waals surface area contributed by atoms with Gasteiger partial charge in [-0.3, -0.25) is 9.36 Å². The number of nitrogens with two attached hydrogens (primary N) is 1. The summed E-state index contributed by atoms with van der Waals surface area (Å²) in [6.45, 7) is 1.92. The fourth-order valence-corrected chi connectivity index (χ4v) is 6.14. The number of aliphatic hydroxyl groups is 1. The summed E-state index contributed by atoms with van der Waals surface area (Å²) < 4.78 is 38.8. The summed E-state index contributed by atoms with van der Waals surface area (Å²) in [6, 6.07) is 7.78. The fourth-order valence-electron chi connectivity index (χ4n) is 3.73. The molecule has 0 spiro atoms. The predicted molar refractivity (Wildman–Crippen MR) is 157 cm³/mol. The molecule has 0 aliphatic heterocycles. The second kappa shape index (κ2) is 14.8. The molecular formula is C25H37FN7O6PS. The summed E-state index contributed by atoms with van der Waals surface area (Å²) in [5.41, 5.74) is 6.72. The number of hydrogen-bond donors (Lipinski definition) is 4. The van der Waals surface area contributed by atoms with Crippen molar-refractivity contribution in [3.63, 3.8) is 0 Å². The third-order valence-corrected chi connectivity index (χ3v) is 8.19. The number of hydrogen-bond acceptors (Lipinski definition) is 12. The molecule has 226 valence electrons. The number of carbonyl (C=O) groups excluding carboxylic acids is 1. The molecule has 3 aromatic rings. The number of fused-ring (bicyclic) bond motifs is 1. The van der Waals surface area contributed by atoms with Gasteiger partial charge in [-0.15, -0.1) is 0 Å². The van der Waals surface area contributed by atoms with E-state index in [1.807, 2.05) is 6.92 Å². The molecule has 13 nitrogen and oxygen atoms in total. The summed E-state index contributed by atoms with van der Waals surface area (Å²) in [4.78, 5) is 25.3. The predicted octanol–water partition coefficient (Wildman–Crippen LogP) is 3.32. The van der Waals surface area contributed by atoms with Crippen LogP contribution in [-0.2, 0) is 30.6 Å². The van der Waals surface area contributed by atoms with Crippen molar-refractivity contribution < 1.29 is 32.8 Å². The van der Waals surface area contributed by atoms with E-state index in [4.69, 9.17) is 36.1 Å². The van der Waals surface area contributed by atoms with Crippen molar-refractivity contribution in [1.82, 2.24) is 24.6 Å². The van der Waals surface area contributed by atoms with E-state index < -0.39 is 43.8 Å². The van der Waals surface area contributed by atoms with Crippen molar-refractivity contribution in [2.75, 3.05) is 31.4 Å². The summed E-state index contributed by atoms with van der Waals surface area (Å²) in [5.74, 6) is 0.299. The first kappa shape index (κ1) is 32.6. The molecule has 2 heterocycles. The molecule has 0 amide bonds. The summed E-state index contributed by atoms with van der Waals surface area (Å²) in [5, 5.41) is 16.4.